The number of carbonyl (C=O) groups excluding carboxylic acids is 1. The summed E-state index contributed by atoms with van der Waals surface area (Å²) >= 11 is 1.42. The molecule has 0 unspecified atom stereocenters. The lowest BCUT2D eigenvalue weighted by Crippen LogP contribution is -2.38. The van der Waals surface area contributed by atoms with Gasteiger partial charge >= 0.3 is 0 Å². The highest BCUT2D eigenvalue weighted by Crippen LogP contribution is 2.27. The molecule has 1 aromatic carbocycles. The van der Waals surface area contributed by atoms with Crippen LogP contribution < -0.4 is 0 Å². The van der Waals surface area contributed by atoms with Crippen molar-refractivity contribution in [2.45, 2.75) is 6.54 Å². The number of rotatable bonds is 7. The summed E-state index contributed by atoms with van der Waals surface area (Å²) in [4.78, 5) is 20.5. The van der Waals surface area contributed by atoms with Crippen molar-refractivity contribution in [3.8, 4) is 22.4 Å². The van der Waals surface area contributed by atoms with Gasteiger partial charge in [0.25, 0.3) is 0 Å². The highest BCUT2D eigenvalue weighted by molar-refractivity contribution is 7.12. The molecule has 35 heavy (non-hydrogen) atoms. The van der Waals surface area contributed by atoms with Gasteiger partial charge in [0.15, 0.2) is 5.65 Å². The van der Waals surface area contributed by atoms with Crippen molar-refractivity contribution in [1.29, 1.82) is 0 Å². The van der Waals surface area contributed by atoms with Gasteiger partial charge in [0.2, 0.25) is 5.78 Å². The molecule has 1 saturated heterocycles. The molecular weight excluding hydrogens is 460 g/mol. The van der Waals surface area contributed by atoms with Crippen molar-refractivity contribution >= 4 is 22.8 Å². The molecule has 1 aliphatic rings. The summed E-state index contributed by atoms with van der Waals surface area (Å²) in [5.41, 5.74) is 5.07. The first-order valence-corrected chi connectivity index (χ1v) is 12.5. The minimum Gasteiger partial charge on any atom is -0.379 e. The average Bonchev–Trinajstić information content (AvgIpc) is 3.69. The lowest BCUT2D eigenvalue weighted by molar-refractivity contribution is 0.0360. The number of fused-ring (bicyclic) bond motifs is 1. The van der Waals surface area contributed by atoms with Crippen molar-refractivity contribution in [2.75, 3.05) is 32.8 Å². The zero-order chi connectivity index (χ0) is 23.6. The minimum absolute atomic E-state index is 0.0575. The molecule has 0 bridgehead atoms. The molecule has 1 fully saturated rings. The molecule has 0 atom stereocenters. The molecule has 1 aliphatic heterocycles. The standard InChI is InChI=1S/C26H24N6O2S/c33-25(24-5-2-14-35-24)22-17-29-32-23(6-7-27-26(22)32)20-4-1-3-19(15-20)21-16-28-31(18-21)9-8-30-10-12-34-13-11-30/h1-7,14-18H,8-13H2. The average molecular weight is 485 g/mol. The van der Waals surface area contributed by atoms with E-state index >= 15 is 0 Å². The Morgan fingerprint density at radius 3 is 2.71 bits per heavy atom. The van der Waals surface area contributed by atoms with Crippen LogP contribution in [0.25, 0.3) is 28.0 Å². The lowest BCUT2D eigenvalue weighted by atomic mass is 10.0. The molecule has 4 aromatic heterocycles. The Bertz CT molecular complexity index is 1470. The van der Waals surface area contributed by atoms with Gasteiger partial charge in [-0.1, -0.05) is 24.3 Å². The second-order valence-electron chi connectivity index (χ2n) is 8.46. The fourth-order valence-electron chi connectivity index (χ4n) is 4.37. The van der Waals surface area contributed by atoms with Gasteiger partial charge in [-0.05, 0) is 29.1 Å². The van der Waals surface area contributed by atoms with E-state index in [1.54, 1.807) is 16.9 Å². The van der Waals surface area contributed by atoms with E-state index in [1.807, 2.05) is 46.6 Å². The van der Waals surface area contributed by atoms with Gasteiger partial charge < -0.3 is 4.74 Å². The van der Waals surface area contributed by atoms with Gasteiger partial charge in [0.1, 0.15) is 0 Å². The number of benzene rings is 1. The normalized spacial score (nSPS) is 14.5. The third-order valence-electron chi connectivity index (χ3n) is 6.26. The zero-order valence-electron chi connectivity index (χ0n) is 19.1. The largest absolute Gasteiger partial charge is 0.379 e. The van der Waals surface area contributed by atoms with E-state index in [1.165, 1.54) is 11.3 Å². The summed E-state index contributed by atoms with van der Waals surface area (Å²) in [6.45, 7) is 5.37. The predicted molar refractivity (Wildman–Crippen MR) is 135 cm³/mol. The number of hydrogen-bond donors (Lipinski definition) is 0. The van der Waals surface area contributed by atoms with E-state index < -0.39 is 0 Å². The first-order chi connectivity index (χ1) is 17.3. The Morgan fingerprint density at radius 1 is 0.971 bits per heavy atom. The van der Waals surface area contributed by atoms with Crippen LogP contribution in [0.2, 0.25) is 0 Å². The Balaban J connectivity index is 1.26. The Hall–Kier alpha value is -3.66. The molecular formula is C26H24N6O2S. The number of ketones is 1. The van der Waals surface area contributed by atoms with Crippen LogP contribution in [0.15, 0.2) is 72.6 Å². The van der Waals surface area contributed by atoms with Gasteiger partial charge in [-0.25, -0.2) is 9.50 Å². The molecule has 0 aliphatic carbocycles. The summed E-state index contributed by atoms with van der Waals surface area (Å²) < 4.78 is 9.17. The van der Waals surface area contributed by atoms with E-state index in [4.69, 9.17) is 4.74 Å². The first-order valence-electron chi connectivity index (χ1n) is 11.6. The molecule has 6 rings (SSSR count). The molecule has 5 aromatic rings. The Morgan fingerprint density at radius 2 is 1.86 bits per heavy atom. The second kappa shape index (κ2) is 9.53. The maximum atomic E-state index is 12.9. The van der Waals surface area contributed by atoms with Crippen LogP contribution in [0.5, 0.6) is 0 Å². The van der Waals surface area contributed by atoms with Crippen LogP contribution in [0, 0.1) is 0 Å². The van der Waals surface area contributed by atoms with E-state index in [9.17, 15) is 4.79 Å². The molecule has 0 amide bonds. The van der Waals surface area contributed by atoms with Crippen LogP contribution in [0.4, 0.5) is 0 Å². The van der Waals surface area contributed by atoms with E-state index in [2.05, 4.69) is 38.4 Å². The number of nitrogens with zero attached hydrogens (tertiary/aromatic N) is 6. The molecule has 0 spiro atoms. The van der Waals surface area contributed by atoms with Gasteiger partial charge in [-0.3, -0.25) is 14.4 Å². The van der Waals surface area contributed by atoms with Gasteiger partial charge in [-0.15, -0.1) is 11.3 Å². The molecule has 9 heteroatoms. The maximum absolute atomic E-state index is 12.9. The van der Waals surface area contributed by atoms with Gasteiger partial charge in [0, 0.05) is 43.2 Å². The number of morpholine rings is 1. The summed E-state index contributed by atoms with van der Waals surface area (Å²) in [5.74, 6) is -0.0575. The highest BCUT2D eigenvalue weighted by atomic mass is 32.1. The Labute approximate surface area is 206 Å². The van der Waals surface area contributed by atoms with Crippen LogP contribution in [0.3, 0.4) is 0 Å². The van der Waals surface area contributed by atoms with E-state index in [0.717, 1.165) is 61.8 Å². The molecule has 0 saturated carbocycles. The van der Waals surface area contributed by atoms with Crippen molar-refractivity contribution < 1.29 is 9.53 Å². The molecule has 8 nitrogen and oxygen atoms in total. The topological polar surface area (TPSA) is 77.6 Å². The number of hydrogen-bond acceptors (Lipinski definition) is 7. The summed E-state index contributed by atoms with van der Waals surface area (Å²) in [7, 11) is 0. The smallest absolute Gasteiger partial charge is 0.208 e. The fourth-order valence-corrected chi connectivity index (χ4v) is 5.05. The number of carbonyl (C=O) groups is 1. The van der Waals surface area contributed by atoms with Crippen molar-refractivity contribution in [2.24, 2.45) is 0 Å². The van der Waals surface area contributed by atoms with Crippen molar-refractivity contribution in [3.05, 3.63) is 83.1 Å². The van der Waals surface area contributed by atoms with Crippen LogP contribution in [0.1, 0.15) is 15.2 Å². The number of aromatic nitrogens is 5. The maximum Gasteiger partial charge on any atom is 0.208 e. The summed E-state index contributed by atoms with van der Waals surface area (Å²) in [6.07, 6.45) is 7.34. The SMILES string of the molecule is O=C(c1cccs1)c1cnn2c(-c3cccc(-c4cnn(CCN5CCOCC5)c4)c3)ccnc12. The Kier molecular flexibility index (Phi) is 5.95. The van der Waals surface area contributed by atoms with E-state index in [0.29, 0.717) is 16.1 Å². The molecule has 0 N–H and O–H groups in total. The van der Waals surface area contributed by atoms with Crippen LogP contribution in [-0.4, -0.2) is 67.9 Å². The first kappa shape index (κ1) is 21.8. The number of ether oxygens (including phenoxy) is 1. The van der Waals surface area contributed by atoms with Gasteiger partial charge in [-0.2, -0.15) is 10.2 Å². The zero-order valence-corrected chi connectivity index (χ0v) is 19.9. The van der Waals surface area contributed by atoms with Gasteiger partial charge in [0.05, 0.1) is 48.3 Å². The minimum atomic E-state index is -0.0575. The fraction of sp³-hybridized carbons (Fsp3) is 0.231. The van der Waals surface area contributed by atoms with E-state index in [-0.39, 0.29) is 5.78 Å². The summed E-state index contributed by atoms with van der Waals surface area (Å²) in [6, 6.07) is 13.9. The summed E-state index contributed by atoms with van der Waals surface area (Å²) in [5, 5.41) is 11.0. The third-order valence-corrected chi connectivity index (χ3v) is 7.13. The van der Waals surface area contributed by atoms with Crippen molar-refractivity contribution in [3.63, 3.8) is 0 Å². The monoisotopic (exact) mass is 484 g/mol. The molecule has 176 valence electrons. The molecule has 0 radical (unpaired) electrons. The lowest BCUT2D eigenvalue weighted by Gasteiger charge is -2.26. The molecule has 5 heterocycles. The van der Waals surface area contributed by atoms with Crippen LogP contribution >= 0.6 is 11.3 Å². The van der Waals surface area contributed by atoms with Crippen LogP contribution in [-0.2, 0) is 11.3 Å². The second-order valence-corrected chi connectivity index (χ2v) is 9.40. The quantitative estimate of drug-likeness (QED) is 0.326. The third kappa shape index (κ3) is 4.41. The predicted octanol–water partition coefficient (Wildman–Crippen LogP) is 3.88. The van der Waals surface area contributed by atoms with Crippen molar-refractivity contribution in [1.82, 2.24) is 29.3 Å². The highest BCUT2D eigenvalue weighted by Gasteiger charge is 2.18. The number of thiophene rings is 1.